The monoisotopic (exact) mass is 262 g/mol. The molecule has 0 bridgehead atoms. The van der Waals surface area contributed by atoms with Crippen molar-refractivity contribution in [1.29, 1.82) is 0 Å². The maximum absolute atomic E-state index is 11.6. The van der Waals surface area contributed by atoms with Crippen LogP contribution >= 0.6 is 0 Å². The maximum atomic E-state index is 11.6. The maximum Gasteiger partial charge on any atom is 0.323 e. The summed E-state index contributed by atoms with van der Waals surface area (Å²) in [6.45, 7) is 0. The SMILES string of the molecule is COc1ccc(NC(=O)N/C=C/C2CC2)cc1OC. The number of anilines is 1. The van der Waals surface area contributed by atoms with Gasteiger partial charge in [0.1, 0.15) is 0 Å². The molecule has 1 aromatic carbocycles. The third-order valence-corrected chi connectivity index (χ3v) is 2.85. The number of methoxy groups -OCH3 is 2. The van der Waals surface area contributed by atoms with E-state index in [9.17, 15) is 4.79 Å². The molecule has 0 unspecified atom stereocenters. The van der Waals surface area contributed by atoms with E-state index in [4.69, 9.17) is 9.47 Å². The summed E-state index contributed by atoms with van der Waals surface area (Å²) in [6.07, 6.45) is 6.13. The molecule has 0 saturated heterocycles. The summed E-state index contributed by atoms with van der Waals surface area (Å²) in [5.41, 5.74) is 0.648. The summed E-state index contributed by atoms with van der Waals surface area (Å²) >= 11 is 0. The van der Waals surface area contributed by atoms with Gasteiger partial charge in [-0.2, -0.15) is 0 Å². The molecule has 0 aliphatic heterocycles. The first-order valence-corrected chi connectivity index (χ1v) is 6.19. The molecule has 1 aliphatic rings. The lowest BCUT2D eigenvalue weighted by Crippen LogP contribution is -2.23. The van der Waals surface area contributed by atoms with E-state index in [1.165, 1.54) is 12.8 Å². The van der Waals surface area contributed by atoms with E-state index >= 15 is 0 Å². The number of carbonyl (C=O) groups is 1. The fraction of sp³-hybridized carbons (Fsp3) is 0.357. The van der Waals surface area contributed by atoms with Gasteiger partial charge in [-0.15, -0.1) is 0 Å². The molecular formula is C14H18N2O3. The van der Waals surface area contributed by atoms with Crippen LogP contribution in [0.25, 0.3) is 0 Å². The highest BCUT2D eigenvalue weighted by Crippen LogP contribution is 2.30. The molecule has 0 heterocycles. The van der Waals surface area contributed by atoms with Crippen molar-refractivity contribution in [3.63, 3.8) is 0 Å². The first-order chi connectivity index (χ1) is 9.22. The Labute approximate surface area is 112 Å². The number of hydrogen-bond acceptors (Lipinski definition) is 3. The molecule has 2 rings (SSSR count). The van der Waals surface area contributed by atoms with E-state index in [0.717, 1.165) is 0 Å². The van der Waals surface area contributed by atoms with Gasteiger partial charge < -0.3 is 20.1 Å². The number of ether oxygens (including phenoxy) is 2. The summed E-state index contributed by atoms with van der Waals surface area (Å²) in [5, 5.41) is 5.39. The Morgan fingerprint density at radius 1 is 1.26 bits per heavy atom. The average Bonchev–Trinajstić information content (AvgIpc) is 3.22. The Balaban J connectivity index is 1.92. The van der Waals surface area contributed by atoms with Crippen molar-refractivity contribution >= 4 is 11.7 Å². The zero-order valence-electron chi connectivity index (χ0n) is 11.1. The number of nitrogens with one attached hydrogen (secondary N) is 2. The average molecular weight is 262 g/mol. The second kappa shape index (κ2) is 6.13. The van der Waals surface area contributed by atoms with Crippen LogP contribution in [-0.4, -0.2) is 20.3 Å². The Hall–Kier alpha value is -2.17. The van der Waals surface area contributed by atoms with Crippen molar-refractivity contribution in [2.24, 2.45) is 5.92 Å². The van der Waals surface area contributed by atoms with E-state index in [1.54, 1.807) is 38.6 Å². The topological polar surface area (TPSA) is 59.6 Å². The molecule has 0 spiro atoms. The van der Waals surface area contributed by atoms with Crippen LogP contribution in [0.4, 0.5) is 10.5 Å². The third-order valence-electron chi connectivity index (χ3n) is 2.85. The molecule has 0 aromatic heterocycles. The molecule has 1 aromatic rings. The first-order valence-electron chi connectivity index (χ1n) is 6.19. The fourth-order valence-electron chi connectivity index (χ4n) is 1.63. The number of carbonyl (C=O) groups excluding carboxylic acids is 1. The molecule has 1 saturated carbocycles. The third kappa shape index (κ3) is 3.91. The molecule has 19 heavy (non-hydrogen) atoms. The normalized spacial score (nSPS) is 14.2. The van der Waals surface area contributed by atoms with Crippen LogP contribution in [0.1, 0.15) is 12.8 Å². The second-order valence-corrected chi connectivity index (χ2v) is 4.36. The van der Waals surface area contributed by atoms with Crippen LogP contribution in [-0.2, 0) is 0 Å². The van der Waals surface area contributed by atoms with Gasteiger partial charge in [0.2, 0.25) is 0 Å². The van der Waals surface area contributed by atoms with Crippen molar-refractivity contribution in [3.8, 4) is 11.5 Å². The number of amides is 2. The minimum Gasteiger partial charge on any atom is -0.493 e. The number of urea groups is 1. The lowest BCUT2D eigenvalue weighted by atomic mass is 10.3. The lowest BCUT2D eigenvalue weighted by molar-refractivity contribution is 0.255. The van der Waals surface area contributed by atoms with Crippen LogP contribution in [0, 0.1) is 5.92 Å². The summed E-state index contributed by atoms with van der Waals surface area (Å²) in [7, 11) is 3.13. The van der Waals surface area contributed by atoms with Crippen LogP contribution in [0.5, 0.6) is 11.5 Å². The van der Waals surface area contributed by atoms with Gasteiger partial charge in [-0.25, -0.2) is 4.79 Å². The van der Waals surface area contributed by atoms with Crippen LogP contribution < -0.4 is 20.1 Å². The molecular weight excluding hydrogens is 244 g/mol. The van der Waals surface area contributed by atoms with E-state index in [-0.39, 0.29) is 6.03 Å². The molecule has 5 nitrogen and oxygen atoms in total. The zero-order chi connectivity index (χ0) is 13.7. The van der Waals surface area contributed by atoms with Gasteiger partial charge in [0.25, 0.3) is 0 Å². The number of benzene rings is 1. The Morgan fingerprint density at radius 2 is 2.00 bits per heavy atom. The molecule has 1 fully saturated rings. The first kappa shape index (κ1) is 13.3. The number of allylic oxidation sites excluding steroid dienone is 1. The molecule has 102 valence electrons. The minimum absolute atomic E-state index is 0.274. The van der Waals surface area contributed by atoms with Crippen molar-refractivity contribution in [2.75, 3.05) is 19.5 Å². The van der Waals surface area contributed by atoms with Crippen LogP contribution in [0.2, 0.25) is 0 Å². The summed E-state index contributed by atoms with van der Waals surface area (Å²) < 4.78 is 10.3. The summed E-state index contributed by atoms with van der Waals surface area (Å²) in [5.74, 6) is 1.84. The van der Waals surface area contributed by atoms with Gasteiger partial charge in [-0.1, -0.05) is 6.08 Å². The van der Waals surface area contributed by atoms with Gasteiger partial charge in [0, 0.05) is 18.0 Å². The predicted octanol–water partition coefficient (Wildman–Crippen LogP) is 2.75. The van der Waals surface area contributed by atoms with Crippen molar-refractivity contribution in [2.45, 2.75) is 12.8 Å². The smallest absolute Gasteiger partial charge is 0.323 e. The standard InChI is InChI=1S/C14H18N2O3/c1-18-12-6-5-11(9-13(12)19-2)16-14(17)15-8-7-10-3-4-10/h5-10H,3-4H2,1-2H3,(H2,15,16,17)/b8-7+. The zero-order valence-corrected chi connectivity index (χ0v) is 11.1. The molecule has 0 atom stereocenters. The second-order valence-electron chi connectivity index (χ2n) is 4.36. The van der Waals surface area contributed by atoms with Gasteiger partial charge in [-0.3, -0.25) is 0 Å². The molecule has 0 radical (unpaired) electrons. The molecule has 1 aliphatic carbocycles. The molecule has 2 N–H and O–H groups in total. The summed E-state index contributed by atoms with van der Waals surface area (Å²) in [6, 6.07) is 4.94. The van der Waals surface area contributed by atoms with E-state index in [2.05, 4.69) is 10.6 Å². The molecule has 2 amide bonds. The Morgan fingerprint density at radius 3 is 2.63 bits per heavy atom. The Bertz CT molecular complexity index is 482. The van der Waals surface area contributed by atoms with Crippen molar-refractivity contribution in [3.05, 3.63) is 30.5 Å². The largest absolute Gasteiger partial charge is 0.493 e. The van der Waals surface area contributed by atoms with Crippen molar-refractivity contribution < 1.29 is 14.3 Å². The lowest BCUT2D eigenvalue weighted by Gasteiger charge is -2.10. The van der Waals surface area contributed by atoms with Crippen LogP contribution in [0.15, 0.2) is 30.5 Å². The van der Waals surface area contributed by atoms with Gasteiger partial charge in [0.15, 0.2) is 11.5 Å². The minimum atomic E-state index is -0.274. The van der Waals surface area contributed by atoms with E-state index in [0.29, 0.717) is 23.1 Å². The fourth-order valence-corrected chi connectivity index (χ4v) is 1.63. The highest BCUT2D eigenvalue weighted by atomic mass is 16.5. The van der Waals surface area contributed by atoms with Crippen molar-refractivity contribution in [1.82, 2.24) is 5.32 Å². The quantitative estimate of drug-likeness (QED) is 0.857. The molecule has 5 heteroatoms. The highest BCUT2D eigenvalue weighted by Gasteiger charge is 2.17. The highest BCUT2D eigenvalue weighted by molar-refractivity contribution is 5.90. The van der Waals surface area contributed by atoms with Gasteiger partial charge in [-0.05, 0) is 30.9 Å². The summed E-state index contributed by atoms with van der Waals surface area (Å²) in [4.78, 5) is 11.6. The van der Waals surface area contributed by atoms with Gasteiger partial charge >= 0.3 is 6.03 Å². The van der Waals surface area contributed by atoms with Crippen LogP contribution in [0.3, 0.4) is 0 Å². The van der Waals surface area contributed by atoms with Gasteiger partial charge in [0.05, 0.1) is 14.2 Å². The number of hydrogen-bond donors (Lipinski definition) is 2. The predicted molar refractivity (Wildman–Crippen MR) is 73.6 cm³/mol. The van der Waals surface area contributed by atoms with E-state index in [1.807, 2.05) is 6.08 Å². The Kier molecular flexibility index (Phi) is 4.28. The van der Waals surface area contributed by atoms with E-state index < -0.39 is 0 Å². The number of rotatable bonds is 5.